The molecule has 4 nitrogen and oxygen atoms in total. The van der Waals surface area contributed by atoms with Crippen molar-refractivity contribution in [2.75, 3.05) is 7.11 Å². The van der Waals surface area contributed by atoms with E-state index in [-0.39, 0.29) is 5.56 Å². The van der Waals surface area contributed by atoms with E-state index in [0.29, 0.717) is 12.1 Å². The Morgan fingerprint density at radius 1 is 1.31 bits per heavy atom. The fraction of sp³-hybridized carbons (Fsp3) is 0.200. The van der Waals surface area contributed by atoms with Gasteiger partial charge in [0.15, 0.2) is 23.2 Å². The molecule has 0 aliphatic heterocycles. The van der Waals surface area contributed by atoms with Gasteiger partial charge in [-0.25, -0.2) is 8.78 Å². The highest BCUT2D eigenvalue weighted by Crippen LogP contribution is 2.23. The number of aliphatic carboxylic acids is 1. The smallest absolute Gasteiger partial charge is 0.190 e. The standard InChI is InChI=1S/C10H8F2O4/c1-16-10-6(11)2-5(3-7(10)12)8(13)4-9(14)15/h2-3H,4H2,1H3,(H,14,15)/p-1. The van der Waals surface area contributed by atoms with Crippen molar-refractivity contribution in [1.82, 2.24) is 0 Å². The van der Waals surface area contributed by atoms with Crippen LogP contribution in [-0.2, 0) is 4.79 Å². The third-order valence-electron chi connectivity index (χ3n) is 1.83. The molecule has 1 aromatic rings. The number of carboxylic acid groups (broad SMARTS) is 1. The highest BCUT2D eigenvalue weighted by atomic mass is 19.1. The number of carbonyl (C=O) groups is 2. The van der Waals surface area contributed by atoms with E-state index in [1.54, 1.807) is 0 Å². The molecule has 16 heavy (non-hydrogen) atoms. The average molecular weight is 229 g/mol. The van der Waals surface area contributed by atoms with Crippen LogP contribution in [-0.4, -0.2) is 18.9 Å². The number of Topliss-reactive ketones (excluding diaryl/α,β-unsaturated/α-hetero) is 1. The summed E-state index contributed by atoms with van der Waals surface area (Å²) in [7, 11) is 1.07. The van der Waals surface area contributed by atoms with Crippen molar-refractivity contribution in [2.45, 2.75) is 6.42 Å². The molecule has 0 N–H and O–H groups in total. The number of carbonyl (C=O) groups excluding carboxylic acids is 2. The first-order valence-electron chi connectivity index (χ1n) is 4.21. The van der Waals surface area contributed by atoms with Gasteiger partial charge in [-0.05, 0) is 12.1 Å². The van der Waals surface area contributed by atoms with Crippen LogP contribution in [0.5, 0.6) is 5.75 Å². The molecule has 0 atom stereocenters. The third kappa shape index (κ3) is 2.53. The zero-order valence-electron chi connectivity index (χ0n) is 8.25. The molecule has 6 heteroatoms. The van der Waals surface area contributed by atoms with Crippen molar-refractivity contribution in [2.24, 2.45) is 0 Å². The fourth-order valence-corrected chi connectivity index (χ4v) is 1.15. The Bertz CT molecular complexity index is 419. The molecule has 1 aromatic carbocycles. The van der Waals surface area contributed by atoms with E-state index >= 15 is 0 Å². The molecule has 0 unspecified atom stereocenters. The molecule has 0 saturated heterocycles. The summed E-state index contributed by atoms with van der Waals surface area (Å²) >= 11 is 0. The minimum atomic E-state index is -1.61. The van der Waals surface area contributed by atoms with E-state index in [1.165, 1.54) is 0 Å². The predicted octanol–water partition coefficient (Wildman–Crippen LogP) is 0.296. The third-order valence-corrected chi connectivity index (χ3v) is 1.83. The molecule has 0 spiro atoms. The van der Waals surface area contributed by atoms with E-state index in [4.69, 9.17) is 0 Å². The summed E-state index contributed by atoms with van der Waals surface area (Å²) in [6, 6.07) is 1.43. The molecule has 0 bridgehead atoms. The molecule has 0 saturated carbocycles. The molecular weight excluding hydrogens is 222 g/mol. The molecule has 0 aromatic heterocycles. The lowest BCUT2D eigenvalue weighted by atomic mass is 10.1. The Kier molecular flexibility index (Phi) is 3.55. The minimum Gasteiger partial charge on any atom is -0.550 e. The maximum Gasteiger partial charge on any atom is 0.190 e. The van der Waals surface area contributed by atoms with Gasteiger partial charge in [0.05, 0.1) is 13.5 Å². The van der Waals surface area contributed by atoms with Gasteiger partial charge in [0.1, 0.15) is 0 Å². The molecule has 1 rings (SSSR count). The molecular formula is C10H7F2O4-. The van der Waals surface area contributed by atoms with Crippen LogP contribution in [0, 0.1) is 11.6 Å². The predicted molar refractivity (Wildman–Crippen MR) is 46.9 cm³/mol. The Morgan fingerprint density at radius 3 is 2.19 bits per heavy atom. The normalized spacial score (nSPS) is 9.94. The second kappa shape index (κ2) is 4.69. The minimum absolute atomic E-state index is 0.375. The summed E-state index contributed by atoms with van der Waals surface area (Å²) in [5.41, 5.74) is -0.375. The number of benzene rings is 1. The van der Waals surface area contributed by atoms with Crippen LogP contribution in [0.2, 0.25) is 0 Å². The number of rotatable bonds is 4. The van der Waals surface area contributed by atoms with E-state index in [9.17, 15) is 23.5 Å². The maximum atomic E-state index is 13.1. The second-order valence-corrected chi connectivity index (χ2v) is 2.95. The first kappa shape index (κ1) is 12.1. The van der Waals surface area contributed by atoms with Gasteiger partial charge in [0, 0.05) is 11.5 Å². The monoisotopic (exact) mass is 229 g/mol. The number of carboxylic acids is 1. The quantitative estimate of drug-likeness (QED) is 0.550. The Balaban J connectivity index is 3.08. The van der Waals surface area contributed by atoms with E-state index in [1.807, 2.05) is 0 Å². The lowest BCUT2D eigenvalue weighted by molar-refractivity contribution is -0.304. The first-order chi connectivity index (χ1) is 7.45. The number of ketones is 1. The Labute approximate surface area is 89.5 Å². The summed E-state index contributed by atoms with van der Waals surface area (Å²) in [6.07, 6.45) is -0.925. The number of halogens is 2. The van der Waals surface area contributed by atoms with E-state index < -0.39 is 35.6 Å². The Morgan fingerprint density at radius 2 is 1.81 bits per heavy atom. The summed E-state index contributed by atoms with van der Waals surface area (Å²) in [6.45, 7) is 0. The fourth-order valence-electron chi connectivity index (χ4n) is 1.15. The van der Waals surface area contributed by atoms with Gasteiger partial charge in [-0.2, -0.15) is 0 Å². The van der Waals surface area contributed by atoms with Gasteiger partial charge in [-0.3, -0.25) is 4.79 Å². The number of methoxy groups -OCH3 is 1. The average Bonchev–Trinajstić information content (AvgIpc) is 2.16. The largest absolute Gasteiger partial charge is 0.550 e. The topological polar surface area (TPSA) is 66.4 Å². The highest BCUT2D eigenvalue weighted by Gasteiger charge is 2.15. The summed E-state index contributed by atoms with van der Waals surface area (Å²) < 4.78 is 30.7. The molecule has 0 fully saturated rings. The lowest BCUT2D eigenvalue weighted by Crippen LogP contribution is -2.25. The maximum absolute atomic E-state index is 13.1. The zero-order chi connectivity index (χ0) is 12.3. The van der Waals surface area contributed by atoms with Crippen LogP contribution < -0.4 is 9.84 Å². The van der Waals surface area contributed by atoms with Crippen molar-refractivity contribution in [3.05, 3.63) is 29.3 Å². The van der Waals surface area contributed by atoms with Crippen molar-refractivity contribution >= 4 is 11.8 Å². The Hall–Kier alpha value is -1.98. The summed E-state index contributed by atoms with van der Waals surface area (Å²) in [5.74, 6) is -5.29. The molecule has 86 valence electrons. The number of hydrogen-bond acceptors (Lipinski definition) is 4. The molecule has 0 aliphatic rings. The molecule has 0 radical (unpaired) electrons. The van der Waals surface area contributed by atoms with Crippen LogP contribution in [0.1, 0.15) is 16.8 Å². The molecule has 0 heterocycles. The number of hydrogen-bond donors (Lipinski definition) is 0. The molecule has 0 aliphatic carbocycles. The van der Waals surface area contributed by atoms with Crippen LogP contribution in [0.4, 0.5) is 8.78 Å². The summed E-state index contributed by atoms with van der Waals surface area (Å²) in [5, 5.41) is 10.1. The van der Waals surface area contributed by atoms with Crippen molar-refractivity contribution in [3.63, 3.8) is 0 Å². The zero-order valence-corrected chi connectivity index (χ0v) is 8.25. The second-order valence-electron chi connectivity index (χ2n) is 2.95. The van der Waals surface area contributed by atoms with Crippen LogP contribution in [0.15, 0.2) is 12.1 Å². The van der Waals surface area contributed by atoms with Gasteiger partial charge in [-0.1, -0.05) is 0 Å². The van der Waals surface area contributed by atoms with Crippen molar-refractivity contribution in [3.8, 4) is 5.75 Å². The first-order valence-corrected chi connectivity index (χ1v) is 4.21. The molecule has 0 amide bonds. The SMILES string of the molecule is COc1c(F)cc(C(=O)CC(=O)[O-])cc1F. The van der Waals surface area contributed by atoms with Gasteiger partial charge < -0.3 is 14.6 Å². The van der Waals surface area contributed by atoms with Gasteiger partial charge in [-0.15, -0.1) is 0 Å². The van der Waals surface area contributed by atoms with Gasteiger partial charge >= 0.3 is 0 Å². The summed E-state index contributed by atoms with van der Waals surface area (Å²) in [4.78, 5) is 21.3. The van der Waals surface area contributed by atoms with Gasteiger partial charge in [0.2, 0.25) is 0 Å². The van der Waals surface area contributed by atoms with E-state index in [0.717, 1.165) is 7.11 Å². The van der Waals surface area contributed by atoms with Crippen molar-refractivity contribution in [1.29, 1.82) is 0 Å². The number of ether oxygens (including phenoxy) is 1. The van der Waals surface area contributed by atoms with Crippen LogP contribution >= 0.6 is 0 Å². The van der Waals surface area contributed by atoms with Crippen molar-refractivity contribution < 1.29 is 28.2 Å². The van der Waals surface area contributed by atoms with Gasteiger partial charge in [0.25, 0.3) is 0 Å². The van der Waals surface area contributed by atoms with Crippen LogP contribution in [0.3, 0.4) is 0 Å². The van der Waals surface area contributed by atoms with Crippen LogP contribution in [0.25, 0.3) is 0 Å². The lowest BCUT2D eigenvalue weighted by Gasteiger charge is -2.06. The highest BCUT2D eigenvalue weighted by molar-refractivity contribution is 6.05. The van der Waals surface area contributed by atoms with E-state index in [2.05, 4.69) is 4.74 Å².